The van der Waals surface area contributed by atoms with Crippen molar-refractivity contribution < 1.29 is 14.7 Å². The van der Waals surface area contributed by atoms with E-state index in [1.165, 1.54) is 0 Å². The molecular weight excluding hydrogens is 222 g/mol. The monoisotopic (exact) mass is 239 g/mol. The van der Waals surface area contributed by atoms with Gasteiger partial charge in [-0.3, -0.25) is 14.3 Å². The SMILES string of the molecule is Cc1cc(C)n(CC(=O)NCCCC(=O)O)n1. The van der Waals surface area contributed by atoms with Crippen molar-refractivity contribution in [1.82, 2.24) is 15.1 Å². The van der Waals surface area contributed by atoms with Gasteiger partial charge < -0.3 is 10.4 Å². The van der Waals surface area contributed by atoms with Crippen molar-refractivity contribution >= 4 is 11.9 Å². The molecule has 0 saturated carbocycles. The molecule has 2 N–H and O–H groups in total. The lowest BCUT2D eigenvalue weighted by Crippen LogP contribution is -2.29. The van der Waals surface area contributed by atoms with Crippen molar-refractivity contribution in [1.29, 1.82) is 0 Å². The molecule has 1 heterocycles. The average Bonchev–Trinajstić information content (AvgIpc) is 2.52. The van der Waals surface area contributed by atoms with E-state index in [-0.39, 0.29) is 18.9 Å². The van der Waals surface area contributed by atoms with Gasteiger partial charge in [0, 0.05) is 18.7 Å². The molecule has 17 heavy (non-hydrogen) atoms. The number of carboxylic acids is 1. The first-order chi connectivity index (χ1) is 7.99. The van der Waals surface area contributed by atoms with Gasteiger partial charge in [0.1, 0.15) is 6.54 Å². The van der Waals surface area contributed by atoms with Crippen molar-refractivity contribution in [2.45, 2.75) is 33.2 Å². The van der Waals surface area contributed by atoms with E-state index >= 15 is 0 Å². The number of aromatic nitrogens is 2. The third kappa shape index (κ3) is 4.67. The number of carboxylic acid groups (broad SMARTS) is 1. The lowest BCUT2D eigenvalue weighted by molar-refractivity contribution is -0.137. The summed E-state index contributed by atoms with van der Waals surface area (Å²) in [7, 11) is 0. The third-order valence-electron chi connectivity index (χ3n) is 2.29. The Hall–Kier alpha value is -1.85. The van der Waals surface area contributed by atoms with Gasteiger partial charge in [0.05, 0.1) is 5.69 Å². The summed E-state index contributed by atoms with van der Waals surface area (Å²) in [5.41, 5.74) is 1.81. The zero-order valence-electron chi connectivity index (χ0n) is 10.1. The number of nitrogens with zero attached hydrogens (tertiary/aromatic N) is 2. The van der Waals surface area contributed by atoms with Gasteiger partial charge in [-0.05, 0) is 26.3 Å². The van der Waals surface area contributed by atoms with Crippen LogP contribution >= 0.6 is 0 Å². The van der Waals surface area contributed by atoms with Crippen LogP contribution in [0.25, 0.3) is 0 Å². The zero-order valence-corrected chi connectivity index (χ0v) is 10.1. The summed E-state index contributed by atoms with van der Waals surface area (Å²) in [6.45, 7) is 4.31. The topological polar surface area (TPSA) is 84.2 Å². The van der Waals surface area contributed by atoms with Gasteiger partial charge in [-0.1, -0.05) is 0 Å². The number of nitrogens with one attached hydrogen (secondary N) is 1. The highest BCUT2D eigenvalue weighted by atomic mass is 16.4. The van der Waals surface area contributed by atoms with Gasteiger partial charge in [0.2, 0.25) is 5.91 Å². The van der Waals surface area contributed by atoms with E-state index in [1.807, 2.05) is 19.9 Å². The molecule has 94 valence electrons. The second-order valence-electron chi connectivity index (χ2n) is 3.93. The molecule has 1 rings (SSSR count). The van der Waals surface area contributed by atoms with Crippen LogP contribution in [0.4, 0.5) is 0 Å². The number of carbonyl (C=O) groups excluding carboxylic acids is 1. The maximum absolute atomic E-state index is 11.5. The Kier molecular flexibility index (Phi) is 4.68. The van der Waals surface area contributed by atoms with Crippen LogP contribution in [0.3, 0.4) is 0 Å². The summed E-state index contributed by atoms with van der Waals surface area (Å²) in [5.74, 6) is -1.00. The fourth-order valence-electron chi connectivity index (χ4n) is 1.49. The van der Waals surface area contributed by atoms with Crippen LogP contribution in [-0.2, 0) is 16.1 Å². The van der Waals surface area contributed by atoms with E-state index < -0.39 is 5.97 Å². The van der Waals surface area contributed by atoms with E-state index in [2.05, 4.69) is 10.4 Å². The summed E-state index contributed by atoms with van der Waals surface area (Å²) in [4.78, 5) is 21.8. The standard InChI is InChI=1S/C11H17N3O3/c1-8-6-9(2)14(13-8)7-10(15)12-5-3-4-11(16)17/h6H,3-5,7H2,1-2H3,(H,12,15)(H,16,17). The Morgan fingerprint density at radius 1 is 1.47 bits per heavy atom. The number of aliphatic carboxylic acids is 1. The molecule has 1 amide bonds. The van der Waals surface area contributed by atoms with Crippen molar-refractivity contribution in [2.24, 2.45) is 0 Å². The number of aryl methyl sites for hydroxylation is 2. The van der Waals surface area contributed by atoms with Gasteiger partial charge in [0.15, 0.2) is 0 Å². The molecule has 0 spiro atoms. The molecule has 0 aliphatic heterocycles. The fraction of sp³-hybridized carbons (Fsp3) is 0.545. The van der Waals surface area contributed by atoms with Crippen molar-refractivity contribution in [2.75, 3.05) is 6.54 Å². The maximum atomic E-state index is 11.5. The van der Waals surface area contributed by atoms with Crippen LogP contribution in [0.5, 0.6) is 0 Å². The smallest absolute Gasteiger partial charge is 0.303 e. The molecule has 0 aliphatic carbocycles. The Labute approximate surface area is 99.6 Å². The van der Waals surface area contributed by atoms with Gasteiger partial charge in [-0.25, -0.2) is 0 Å². The highest BCUT2D eigenvalue weighted by molar-refractivity contribution is 5.75. The number of carbonyl (C=O) groups is 2. The summed E-state index contributed by atoms with van der Waals surface area (Å²) in [6, 6.07) is 1.90. The highest BCUT2D eigenvalue weighted by Gasteiger charge is 2.06. The van der Waals surface area contributed by atoms with Gasteiger partial charge in [-0.2, -0.15) is 5.10 Å². The van der Waals surface area contributed by atoms with E-state index in [0.717, 1.165) is 11.4 Å². The van der Waals surface area contributed by atoms with E-state index in [1.54, 1.807) is 4.68 Å². The molecule has 1 aromatic heterocycles. The molecule has 6 heteroatoms. The molecule has 0 bridgehead atoms. The molecule has 6 nitrogen and oxygen atoms in total. The predicted molar refractivity (Wildman–Crippen MR) is 61.6 cm³/mol. The van der Waals surface area contributed by atoms with Gasteiger partial charge in [0.25, 0.3) is 0 Å². The van der Waals surface area contributed by atoms with E-state index in [9.17, 15) is 9.59 Å². The van der Waals surface area contributed by atoms with Crippen molar-refractivity contribution in [3.63, 3.8) is 0 Å². The zero-order chi connectivity index (χ0) is 12.8. The summed E-state index contributed by atoms with van der Waals surface area (Å²) in [6.07, 6.45) is 0.512. The largest absolute Gasteiger partial charge is 0.481 e. The first kappa shape index (κ1) is 13.2. The molecule has 0 radical (unpaired) electrons. The Bertz CT molecular complexity index is 412. The molecule has 0 unspecified atom stereocenters. The molecule has 0 aliphatic rings. The fourth-order valence-corrected chi connectivity index (χ4v) is 1.49. The predicted octanol–water partition coefficient (Wildman–Crippen LogP) is 0.481. The van der Waals surface area contributed by atoms with Crippen LogP contribution in [-0.4, -0.2) is 33.3 Å². The maximum Gasteiger partial charge on any atom is 0.303 e. The molecule has 0 atom stereocenters. The number of amides is 1. The lowest BCUT2D eigenvalue weighted by atomic mass is 10.3. The normalized spacial score (nSPS) is 10.2. The van der Waals surface area contributed by atoms with Crippen LogP contribution in [0.15, 0.2) is 6.07 Å². The minimum Gasteiger partial charge on any atom is -0.481 e. The van der Waals surface area contributed by atoms with E-state index in [4.69, 9.17) is 5.11 Å². The van der Waals surface area contributed by atoms with Crippen LogP contribution in [0, 0.1) is 13.8 Å². The first-order valence-corrected chi connectivity index (χ1v) is 5.48. The molecule has 1 aromatic rings. The average molecular weight is 239 g/mol. The van der Waals surface area contributed by atoms with Crippen molar-refractivity contribution in [3.8, 4) is 0 Å². The van der Waals surface area contributed by atoms with Crippen LogP contribution in [0.1, 0.15) is 24.2 Å². The van der Waals surface area contributed by atoms with Gasteiger partial charge >= 0.3 is 5.97 Å². The Morgan fingerprint density at radius 3 is 2.71 bits per heavy atom. The van der Waals surface area contributed by atoms with Gasteiger partial charge in [-0.15, -0.1) is 0 Å². The number of rotatable bonds is 6. The minimum absolute atomic E-state index is 0.0696. The quantitative estimate of drug-likeness (QED) is 0.707. The molecule has 0 aromatic carbocycles. The highest BCUT2D eigenvalue weighted by Crippen LogP contribution is 2.00. The lowest BCUT2D eigenvalue weighted by Gasteiger charge is -2.05. The molecule has 0 saturated heterocycles. The minimum atomic E-state index is -0.849. The Balaban J connectivity index is 2.30. The summed E-state index contributed by atoms with van der Waals surface area (Å²) >= 11 is 0. The summed E-state index contributed by atoms with van der Waals surface area (Å²) in [5, 5.41) is 15.3. The second kappa shape index (κ2) is 6.03. The third-order valence-corrected chi connectivity index (χ3v) is 2.29. The van der Waals surface area contributed by atoms with Crippen molar-refractivity contribution in [3.05, 3.63) is 17.5 Å². The number of hydrogen-bond donors (Lipinski definition) is 2. The Morgan fingerprint density at radius 2 is 2.18 bits per heavy atom. The molecular formula is C11H17N3O3. The number of hydrogen-bond acceptors (Lipinski definition) is 3. The van der Waals surface area contributed by atoms with Crippen LogP contribution in [0.2, 0.25) is 0 Å². The van der Waals surface area contributed by atoms with E-state index in [0.29, 0.717) is 13.0 Å². The second-order valence-corrected chi connectivity index (χ2v) is 3.93. The first-order valence-electron chi connectivity index (χ1n) is 5.48. The molecule has 0 fully saturated rings. The summed E-state index contributed by atoms with van der Waals surface area (Å²) < 4.78 is 1.63. The van der Waals surface area contributed by atoms with Crippen LogP contribution < -0.4 is 5.32 Å².